The van der Waals surface area contributed by atoms with Crippen LogP contribution in [0.2, 0.25) is 0 Å². The van der Waals surface area contributed by atoms with Crippen LogP contribution in [0.4, 0.5) is 15.9 Å². The van der Waals surface area contributed by atoms with E-state index in [1.54, 1.807) is 23.4 Å². The summed E-state index contributed by atoms with van der Waals surface area (Å²) < 4.78 is 22.6. The zero-order valence-electron chi connectivity index (χ0n) is 23.2. The molecule has 10 heteroatoms. The van der Waals surface area contributed by atoms with Crippen molar-refractivity contribution in [3.8, 4) is 22.5 Å². The summed E-state index contributed by atoms with van der Waals surface area (Å²) in [5.74, 6) is 0.886. The Hall–Kier alpha value is -4.46. The number of rotatable bonds is 6. The molecule has 210 valence electrons. The minimum Gasteiger partial charge on any atom is -0.380 e. The number of hydrogen-bond donors (Lipinski definition) is 0. The second-order valence-electron chi connectivity index (χ2n) is 12.2. The first-order chi connectivity index (χ1) is 20.4. The summed E-state index contributed by atoms with van der Waals surface area (Å²) in [4.78, 5) is 26.2. The Balaban J connectivity index is 1.15. The first kappa shape index (κ1) is 25.3. The normalized spacial score (nSPS) is 19.0. The van der Waals surface area contributed by atoms with Crippen LogP contribution in [-0.2, 0) is 24.9 Å². The fourth-order valence-corrected chi connectivity index (χ4v) is 6.53. The van der Waals surface area contributed by atoms with Crippen molar-refractivity contribution in [2.45, 2.75) is 31.8 Å². The molecule has 3 fully saturated rings. The summed E-state index contributed by atoms with van der Waals surface area (Å²) in [6.45, 7) is 11.8. The molecule has 0 atom stereocenters. The highest BCUT2D eigenvalue weighted by Crippen LogP contribution is 2.44. The van der Waals surface area contributed by atoms with Crippen molar-refractivity contribution in [1.29, 1.82) is 0 Å². The second kappa shape index (κ2) is 9.28. The number of carbonyl (C=O) groups is 1. The largest absolute Gasteiger partial charge is 0.380 e. The number of aromatic nitrogens is 4. The van der Waals surface area contributed by atoms with Gasteiger partial charge in [0.2, 0.25) is 0 Å². The topological polar surface area (TPSA) is 80.7 Å². The van der Waals surface area contributed by atoms with Gasteiger partial charge in [0.25, 0.3) is 5.91 Å². The molecule has 4 aromatic rings. The summed E-state index contributed by atoms with van der Waals surface area (Å²) in [5.41, 5.74) is 5.84. The van der Waals surface area contributed by atoms with E-state index in [0.29, 0.717) is 40.9 Å². The van der Waals surface area contributed by atoms with Crippen LogP contribution in [0.15, 0.2) is 48.8 Å². The molecule has 0 N–H and O–H groups in total. The molecule has 0 unspecified atom stereocenters. The van der Waals surface area contributed by atoms with E-state index >= 15 is 4.39 Å². The molecule has 5 heterocycles. The Morgan fingerprint density at radius 1 is 1.10 bits per heavy atom. The Morgan fingerprint density at radius 2 is 1.93 bits per heavy atom. The maximum absolute atomic E-state index is 15.4. The molecule has 1 spiro atoms. The number of likely N-dealkylation sites (tertiary alicyclic amines) is 1. The number of aryl methyl sites for hydroxylation is 1. The molecule has 2 aromatic carbocycles. The predicted molar refractivity (Wildman–Crippen MR) is 153 cm³/mol. The molecule has 3 aliphatic heterocycles. The average Bonchev–Trinajstić information content (AvgIpc) is 3.63. The number of anilines is 1. The number of fused-ring (bicyclic) bond motifs is 1. The average molecular weight is 562 g/mol. The predicted octanol–water partition coefficient (Wildman–Crippen LogP) is 5.10. The van der Waals surface area contributed by atoms with Crippen LogP contribution in [0.25, 0.3) is 27.4 Å². The van der Waals surface area contributed by atoms with Gasteiger partial charge in [0.05, 0.1) is 26.3 Å². The lowest BCUT2D eigenvalue weighted by atomic mass is 9.78. The number of ether oxygens (including phenoxy) is 1. The molecule has 1 amide bonds. The third-order valence-electron chi connectivity index (χ3n) is 8.89. The number of benzene rings is 2. The first-order valence-corrected chi connectivity index (χ1v) is 14.2. The van der Waals surface area contributed by atoms with Crippen LogP contribution in [0, 0.1) is 17.8 Å². The van der Waals surface area contributed by atoms with Crippen molar-refractivity contribution in [3.63, 3.8) is 0 Å². The van der Waals surface area contributed by atoms with E-state index in [-0.39, 0.29) is 23.7 Å². The number of hydrogen-bond acceptors (Lipinski definition) is 6. The Morgan fingerprint density at radius 3 is 2.62 bits per heavy atom. The summed E-state index contributed by atoms with van der Waals surface area (Å²) >= 11 is 0. The molecule has 4 aliphatic rings. The number of nitrogens with zero attached hydrogens (tertiary/aromatic N) is 7. The molecule has 2 aromatic heterocycles. The quantitative estimate of drug-likeness (QED) is 0.305. The van der Waals surface area contributed by atoms with E-state index in [1.807, 2.05) is 35.9 Å². The SMILES string of the molecule is [C-]#[N+]c1ccc(-c2cc(C3CC3)nc(N3Cc4c(F)cc(CN5CC6(COC6)C5)cc4C3=O)c2)c(-c2nncn2C)c1. The molecule has 42 heavy (non-hydrogen) atoms. The zero-order chi connectivity index (χ0) is 28.6. The summed E-state index contributed by atoms with van der Waals surface area (Å²) in [5, 5.41) is 8.34. The summed E-state index contributed by atoms with van der Waals surface area (Å²) in [6, 6.07) is 12.9. The van der Waals surface area contributed by atoms with Crippen LogP contribution >= 0.6 is 0 Å². The number of halogens is 1. The molecular formula is C32H28FN7O2. The highest BCUT2D eigenvalue weighted by Gasteiger charge is 2.48. The van der Waals surface area contributed by atoms with Gasteiger partial charge in [0.15, 0.2) is 11.5 Å². The van der Waals surface area contributed by atoms with Gasteiger partial charge >= 0.3 is 0 Å². The smallest absolute Gasteiger partial charge is 0.260 e. The molecular weight excluding hydrogens is 533 g/mol. The zero-order valence-corrected chi connectivity index (χ0v) is 23.2. The fraction of sp³-hybridized carbons (Fsp3) is 0.344. The third-order valence-corrected chi connectivity index (χ3v) is 8.89. The molecule has 1 aliphatic carbocycles. The molecule has 0 radical (unpaired) electrons. The van der Waals surface area contributed by atoms with E-state index in [9.17, 15) is 4.79 Å². The van der Waals surface area contributed by atoms with Crippen molar-refractivity contribution in [1.82, 2.24) is 24.6 Å². The lowest BCUT2D eigenvalue weighted by Crippen LogP contribution is -2.65. The maximum atomic E-state index is 15.4. The molecule has 8 rings (SSSR count). The lowest BCUT2D eigenvalue weighted by Gasteiger charge is -2.55. The van der Waals surface area contributed by atoms with E-state index in [2.05, 4.69) is 26.0 Å². The van der Waals surface area contributed by atoms with E-state index < -0.39 is 0 Å². The highest BCUT2D eigenvalue weighted by atomic mass is 19.1. The van der Waals surface area contributed by atoms with Crippen LogP contribution in [0.3, 0.4) is 0 Å². The van der Waals surface area contributed by atoms with Crippen molar-refractivity contribution in [3.05, 3.63) is 88.4 Å². The maximum Gasteiger partial charge on any atom is 0.260 e. The Labute approximate surface area is 242 Å². The van der Waals surface area contributed by atoms with Crippen LogP contribution in [0.1, 0.15) is 45.9 Å². The van der Waals surface area contributed by atoms with E-state index in [1.165, 1.54) is 0 Å². The number of carbonyl (C=O) groups excluding carboxylic acids is 1. The van der Waals surface area contributed by atoms with Crippen molar-refractivity contribution < 1.29 is 13.9 Å². The highest BCUT2D eigenvalue weighted by molar-refractivity contribution is 6.10. The van der Waals surface area contributed by atoms with Gasteiger partial charge < -0.3 is 9.30 Å². The van der Waals surface area contributed by atoms with Gasteiger partial charge in [-0.1, -0.05) is 12.1 Å². The summed E-state index contributed by atoms with van der Waals surface area (Å²) in [7, 11) is 1.86. The fourth-order valence-electron chi connectivity index (χ4n) is 6.53. The van der Waals surface area contributed by atoms with E-state index in [4.69, 9.17) is 16.3 Å². The van der Waals surface area contributed by atoms with Gasteiger partial charge in [-0.3, -0.25) is 14.6 Å². The molecule has 0 bridgehead atoms. The third kappa shape index (κ3) is 4.11. The van der Waals surface area contributed by atoms with Crippen molar-refractivity contribution >= 4 is 17.4 Å². The number of pyridine rings is 1. The lowest BCUT2D eigenvalue weighted by molar-refractivity contribution is -0.191. The Kier molecular flexibility index (Phi) is 5.58. The van der Waals surface area contributed by atoms with Gasteiger partial charge in [-0.2, -0.15) is 0 Å². The standard InChI is InChI=1S/C32H28FN7O2/c1-34-22-5-6-23(24(11-22)30-37-35-18-38(30)2)21-9-28(20-3-4-20)36-29(10-21)40-13-26-25(31(40)41)7-19(8-27(26)33)12-39-14-32(15-39)16-42-17-32/h5-11,18,20H,3-4,12-17H2,2H3. The summed E-state index contributed by atoms with van der Waals surface area (Å²) in [6.07, 6.45) is 3.71. The minimum absolute atomic E-state index is 0.137. The van der Waals surface area contributed by atoms with Crippen molar-refractivity contribution in [2.24, 2.45) is 12.5 Å². The van der Waals surface area contributed by atoms with Gasteiger partial charge in [0.1, 0.15) is 18.0 Å². The number of amides is 1. The molecule has 1 saturated carbocycles. The first-order valence-electron chi connectivity index (χ1n) is 14.2. The van der Waals surface area contributed by atoms with Crippen molar-refractivity contribution in [2.75, 3.05) is 31.2 Å². The molecule has 2 saturated heterocycles. The van der Waals surface area contributed by atoms with Gasteiger partial charge in [-0.15, -0.1) is 10.2 Å². The Bertz CT molecular complexity index is 1810. The van der Waals surface area contributed by atoms with Gasteiger partial charge in [-0.05, 0) is 59.9 Å². The second-order valence-corrected chi connectivity index (χ2v) is 12.2. The molecule has 9 nitrogen and oxygen atoms in total. The van der Waals surface area contributed by atoms with Gasteiger partial charge in [0, 0.05) is 60.4 Å². The minimum atomic E-state index is -0.349. The monoisotopic (exact) mass is 561 g/mol. The van der Waals surface area contributed by atoms with E-state index in [0.717, 1.165) is 67.1 Å². The van der Waals surface area contributed by atoms with Crippen LogP contribution in [-0.4, -0.2) is 56.9 Å². The van der Waals surface area contributed by atoms with Crippen LogP contribution < -0.4 is 4.90 Å². The van der Waals surface area contributed by atoms with Gasteiger partial charge in [-0.25, -0.2) is 14.2 Å². The van der Waals surface area contributed by atoms with Crippen LogP contribution in [0.5, 0.6) is 0 Å².